The van der Waals surface area contributed by atoms with Gasteiger partial charge in [-0.1, -0.05) is 17.7 Å². The first-order chi connectivity index (χ1) is 24.2. The summed E-state index contributed by atoms with van der Waals surface area (Å²) in [5.41, 5.74) is 4.78. The third kappa shape index (κ3) is 4.55. The third-order valence-corrected chi connectivity index (χ3v) is 12.4. The van der Waals surface area contributed by atoms with Crippen LogP contribution in [0.3, 0.4) is 0 Å². The Hall–Kier alpha value is -4.21. The Bertz CT molecular complexity index is 2220. The van der Waals surface area contributed by atoms with Crippen LogP contribution in [0.4, 0.5) is 18.2 Å². The number of anilines is 1. The monoisotopic (exact) mass is 721 g/mol. The SMILES string of the molecule is N#Cc1c(N)sc2c(F)ccc(-c3c(F)c4c5c(c3Cl)=NCN(C3(C#N)CC3)C=5N(C3CCOC3)C=C(OC[C@@]35CCCN3C[C@H](F)C5)O4)c12. The Labute approximate surface area is 294 Å². The minimum Gasteiger partial charge on any atom is -0.462 e. The summed E-state index contributed by atoms with van der Waals surface area (Å²) in [5.74, 6) is -1.24. The van der Waals surface area contributed by atoms with Gasteiger partial charge in [0.25, 0.3) is 0 Å². The first-order valence-electron chi connectivity index (χ1n) is 16.7. The average Bonchev–Trinajstić information content (AvgIpc) is 3.33. The fourth-order valence-electron chi connectivity index (χ4n) is 8.41. The summed E-state index contributed by atoms with van der Waals surface area (Å²) in [6.07, 6.45) is 4.54. The molecule has 1 aliphatic carbocycles. The van der Waals surface area contributed by atoms with Crippen molar-refractivity contribution >= 4 is 43.8 Å². The van der Waals surface area contributed by atoms with Crippen molar-refractivity contribution in [1.29, 1.82) is 10.5 Å². The van der Waals surface area contributed by atoms with Crippen molar-refractivity contribution in [2.45, 2.75) is 61.8 Å². The largest absolute Gasteiger partial charge is 0.462 e. The summed E-state index contributed by atoms with van der Waals surface area (Å²) in [5, 5.41) is 21.0. The quantitative estimate of drug-likeness (QED) is 0.381. The fourth-order valence-corrected chi connectivity index (χ4v) is 9.69. The summed E-state index contributed by atoms with van der Waals surface area (Å²) >= 11 is 8.03. The van der Waals surface area contributed by atoms with Crippen molar-refractivity contribution < 1.29 is 27.4 Å². The molecule has 0 bridgehead atoms. The van der Waals surface area contributed by atoms with Crippen molar-refractivity contribution in [3.05, 3.63) is 57.1 Å². The zero-order chi connectivity index (χ0) is 34.5. The van der Waals surface area contributed by atoms with Crippen LogP contribution in [0.2, 0.25) is 5.02 Å². The lowest BCUT2D eigenvalue weighted by Crippen LogP contribution is -2.52. The maximum absolute atomic E-state index is 17.5. The molecule has 2 N–H and O–H groups in total. The second kappa shape index (κ2) is 11.4. The van der Waals surface area contributed by atoms with Gasteiger partial charge in [-0.25, -0.2) is 13.2 Å². The van der Waals surface area contributed by atoms with Crippen LogP contribution >= 0.6 is 22.9 Å². The molecule has 1 aromatic heterocycles. The number of nitriles is 2. The molecule has 4 fully saturated rings. The molecule has 9 rings (SSSR count). The van der Waals surface area contributed by atoms with E-state index in [1.807, 2.05) is 15.9 Å². The number of hydrogen-bond donors (Lipinski definition) is 1. The first kappa shape index (κ1) is 31.7. The molecule has 10 nitrogen and oxygen atoms in total. The molecule has 1 unspecified atom stereocenters. The molecule has 0 radical (unpaired) electrons. The summed E-state index contributed by atoms with van der Waals surface area (Å²) in [6.45, 7) is 2.16. The molecule has 0 amide bonds. The van der Waals surface area contributed by atoms with Crippen LogP contribution < -0.4 is 21.0 Å². The van der Waals surface area contributed by atoms with Gasteiger partial charge in [-0.15, -0.1) is 11.3 Å². The van der Waals surface area contributed by atoms with E-state index in [0.29, 0.717) is 51.3 Å². The lowest BCUT2D eigenvalue weighted by Gasteiger charge is -2.39. The highest BCUT2D eigenvalue weighted by molar-refractivity contribution is 7.23. The molecule has 2 aromatic carbocycles. The smallest absolute Gasteiger partial charge is 0.302 e. The molecular weight excluding hydrogens is 691 g/mol. The van der Waals surface area contributed by atoms with Gasteiger partial charge in [0.15, 0.2) is 11.6 Å². The minimum atomic E-state index is -0.970. The molecule has 5 aliphatic heterocycles. The molecule has 0 spiro atoms. The number of hydrogen-bond acceptors (Lipinski definition) is 11. The number of nitrogen functional groups attached to an aromatic ring is 1. The molecule has 3 aromatic rings. The maximum Gasteiger partial charge on any atom is 0.302 e. The zero-order valence-electron chi connectivity index (χ0n) is 26.8. The van der Waals surface area contributed by atoms with Crippen LogP contribution in [-0.2, 0) is 9.47 Å². The third-order valence-electron chi connectivity index (χ3n) is 11.0. The van der Waals surface area contributed by atoms with Gasteiger partial charge < -0.3 is 29.7 Å². The topological polar surface area (TPSA) is 123 Å². The van der Waals surface area contributed by atoms with Crippen molar-refractivity contribution in [3.63, 3.8) is 0 Å². The van der Waals surface area contributed by atoms with Crippen LogP contribution in [0.1, 0.15) is 44.1 Å². The normalized spacial score (nSPS) is 26.4. The summed E-state index contributed by atoms with van der Waals surface area (Å²) in [4.78, 5) is 10.8. The molecule has 6 aliphatic rings. The van der Waals surface area contributed by atoms with Crippen molar-refractivity contribution in [3.8, 4) is 29.0 Å². The van der Waals surface area contributed by atoms with E-state index < -0.39 is 28.9 Å². The van der Waals surface area contributed by atoms with E-state index in [1.54, 1.807) is 6.20 Å². The van der Waals surface area contributed by atoms with E-state index in [9.17, 15) is 14.9 Å². The Morgan fingerprint density at radius 2 is 2.06 bits per heavy atom. The number of benzene rings is 2. The second-order valence-corrected chi connectivity index (χ2v) is 15.3. The molecule has 3 atom stereocenters. The van der Waals surface area contributed by atoms with Crippen molar-refractivity contribution in [2.24, 2.45) is 4.99 Å². The number of nitrogens with two attached hydrogens (primary N) is 1. The molecule has 258 valence electrons. The van der Waals surface area contributed by atoms with E-state index in [-0.39, 0.29) is 78.4 Å². The Kier molecular flexibility index (Phi) is 7.24. The number of rotatable bonds is 6. The van der Waals surface area contributed by atoms with Crippen LogP contribution in [-0.4, -0.2) is 77.6 Å². The highest BCUT2D eigenvalue weighted by atomic mass is 35.5. The summed E-state index contributed by atoms with van der Waals surface area (Å²) in [7, 11) is 0. The molecule has 1 saturated carbocycles. The van der Waals surface area contributed by atoms with Gasteiger partial charge in [-0.3, -0.25) is 9.89 Å². The number of thiophene rings is 1. The molecule has 3 saturated heterocycles. The lowest BCUT2D eigenvalue weighted by molar-refractivity contribution is 0.0248. The molecule has 6 heterocycles. The number of alkyl halides is 1. The number of fused-ring (bicyclic) bond motifs is 2. The zero-order valence-corrected chi connectivity index (χ0v) is 28.3. The van der Waals surface area contributed by atoms with Gasteiger partial charge in [-0.05, 0) is 50.3 Å². The van der Waals surface area contributed by atoms with E-state index in [0.717, 1.165) is 30.7 Å². The van der Waals surface area contributed by atoms with Crippen LogP contribution in [0.25, 0.3) is 27.0 Å². The van der Waals surface area contributed by atoms with Crippen molar-refractivity contribution in [1.82, 2.24) is 14.7 Å². The number of nitrogens with zero attached hydrogens (tertiary/aromatic N) is 6. The highest BCUT2D eigenvalue weighted by Gasteiger charge is 2.53. The van der Waals surface area contributed by atoms with E-state index >= 15 is 8.78 Å². The number of ether oxygens (including phenoxy) is 3. The Morgan fingerprint density at radius 3 is 2.80 bits per heavy atom. The van der Waals surface area contributed by atoms with E-state index in [2.05, 4.69) is 11.0 Å². The van der Waals surface area contributed by atoms with Gasteiger partial charge in [0, 0.05) is 30.5 Å². The van der Waals surface area contributed by atoms with Gasteiger partial charge in [0.05, 0.1) is 56.3 Å². The molecular formula is C35H31ClF3N7O3S. The van der Waals surface area contributed by atoms with E-state index in [4.69, 9.17) is 36.5 Å². The summed E-state index contributed by atoms with van der Waals surface area (Å²) in [6, 6.07) is 6.83. The predicted molar refractivity (Wildman–Crippen MR) is 179 cm³/mol. The van der Waals surface area contributed by atoms with Crippen molar-refractivity contribution in [2.75, 3.05) is 45.3 Å². The fraction of sp³-hybridized carbons (Fsp3) is 0.457. The van der Waals surface area contributed by atoms with E-state index in [1.165, 1.54) is 12.1 Å². The van der Waals surface area contributed by atoms with Crippen LogP contribution in [0.5, 0.6) is 5.75 Å². The van der Waals surface area contributed by atoms with Crippen LogP contribution in [0.15, 0.2) is 29.3 Å². The highest BCUT2D eigenvalue weighted by Crippen LogP contribution is 2.48. The molecule has 50 heavy (non-hydrogen) atoms. The first-order valence-corrected chi connectivity index (χ1v) is 17.9. The average molecular weight is 722 g/mol. The number of halogens is 4. The van der Waals surface area contributed by atoms with Gasteiger partial charge in [-0.2, -0.15) is 10.5 Å². The second-order valence-electron chi connectivity index (χ2n) is 13.8. The van der Waals surface area contributed by atoms with Gasteiger partial charge in [0.1, 0.15) is 47.7 Å². The predicted octanol–water partition coefficient (Wildman–Crippen LogP) is 4.84. The summed E-state index contributed by atoms with van der Waals surface area (Å²) < 4.78 is 66.1. The van der Waals surface area contributed by atoms with Gasteiger partial charge >= 0.3 is 5.95 Å². The standard InChI is InChI=1S/C35H31ClF3N7O3S/c36-27-25(20-2-3-22(38)31-24(20)21(11-40)32(42)50-31)28(39)30-26-29(27)43-17-46(34(15-41)6-7-34)33(26)45(19-4-9-47-14-19)13-23(49-30)48-16-35-5-1-8-44(35)12-18(37)10-35/h2-3,13,18-19H,1,4-10,12,14,16-17,42H2/t18-,19?,35+/m1/s1. The Balaban J connectivity index is 1.28. The Morgan fingerprint density at radius 1 is 1.22 bits per heavy atom. The van der Waals surface area contributed by atoms with Crippen LogP contribution in [0, 0.1) is 34.3 Å². The maximum atomic E-state index is 17.5. The lowest BCUT2D eigenvalue weighted by atomic mass is 9.95. The van der Waals surface area contributed by atoms with Gasteiger partial charge in [0.2, 0.25) is 0 Å². The molecule has 15 heteroatoms. The minimum absolute atomic E-state index is 0.0129.